The zero-order valence-corrected chi connectivity index (χ0v) is 10.1. The first-order valence-electron chi connectivity index (χ1n) is 5.89. The molecule has 0 radical (unpaired) electrons. The molecule has 0 bridgehead atoms. The Morgan fingerprint density at radius 3 is 2.50 bits per heavy atom. The van der Waals surface area contributed by atoms with Crippen molar-refractivity contribution >= 4 is 11.9 Å². The van der Waals surface area contributed by atoms with E-state index >= 15 is 0 Å². The predicted molar refractivity (Wildman–Crippen MR) is 68.1 cm³/mol. The molecule has 0 aliphatic heterocycles. The minimum Gasteiger partial charge on any atom is -0.481 e. The highest BCUT2D eigenvalue weighted by molar-refractivity contribution is 5.79. The van der Waals surface area contributed by atoms with E-state index in [1.165, 1.54) is 0 Å². The van der Waals surface area contributed by atoms with Gasteiger partial charge >= 0.3 is 5.97 Å². The topological polar surface area (TPSA) is 92.4 Å². The van der Waals surface area contributed by atoms with Gasteiger partial charge in [-0.1, -0.05) is 30.3 Å². The summed E-state index contributed by atoms with van der Waals surface area (Å²) < 4.78 is 0. The number of nitrogens with one attached hydrogen (secondary N) is 1. The van der Waals surface area contributed by atoms with Crippen LogP contribution >= 0.6 is 0 Å². The van der Waals surface area contributed by atoms with Crippen molar-refractivity contribution in [1.29, 1.82) is 0 Å². The van der Waals surface area contributed by atoms with Crippen LogP contribution in [0, 0.1) is 0 Å². The van der Waals surface area contributed by atoms with E-state index in [0.29, 0.717) is 24.9 Å². The van der Waals surface area contributed by atoms with Crippen molar-refractivity contribution in [1.82, 2.24) is 5.32 Å². The van der Waals surface area contributed by atoms with Crippen molar-refractivity contribution in [2.24, 2.45) is 5.73 Å². The van der Waals surface area contributed by atoms with Crippen LogP contribution in [0.3, 0.4) is 0 Å². The number of nitrogens with two attached hydrogens (primary N) is 1. The highest BCUT2D eigenvalue weighted by Gasteiger charge is 2.19. The van der Waals surface area contributed by atoms with Crippen molar-refractivity contribution in [2.75, 3.05) is 13.1 Å². The average molecular weight is 250 g/mol. The molecular weight excluding hydrogens is 232 g/mol. The molecule has 1 rings (SSSR count). The van der Waals surface area contributed by atoms with Crippen LogP contribution in [-0.2, 0) is 9.59 Å². The van der Waals surface area contributed by atoms with E-state index in [1.807, 2.05) is 6.07 Å². The van der Waals surface area contributed by atoms with Crippen LogP contribution in [0.25, 0.3) is 0 Å². The summed E-state index contributed by atoms with van der Waals surface area (Å²) in [5.41, 5.74) is 5.98. The number of carboxylic acid groups (broad SMARTS) is 1. The van der Waals surface area contributed by atoms with Crippen molar-refractivity contribution in [3.8, 4) is 0 Å². The number of carbonyl (C=O) groups is 2. The smallest absolute Gasteiger partial charge is 0.312 e. The van der Waals surface area contributed by atoms with E-state index in [0.717, 1.165) is 0 Å². The average Bonchev–Trinajstić information content (AvgIpc) is 2.37. The Morgan fingerprint density at radius 1 is 1.28 bits per heavy atom. The molecule has 1 amide bonds. The lowest BCUT2D eigenvalue weighted by atomic mass is 9.99. The molecule has 1 atom stereocenters. The number of carbonyl (C=O) groups excluding carboxylic acids is 1. The molecule has 5 nitrogen and oxygen atoms in total. The fourth-order valence-electron chi connectivity index (χ4n) is 1.60. The monoisotopic (exact) mass is 250 g/mol. The van der Waals surface area contributed by atoms with Crippen molar-refractivity contribution in [2.45, 2.75) is 18.8 Å². The van der Waals surface area contributed by atoms with Gasteiger partial charge in [-0.25, -0.2) is 0 Å². The second-order valence-electron chi connectivity index (χ2n) is 4.00. The highest BCUT2D eigenvalue weighted by atomic mass is 16.4. The number of rotatable bonds is 7. The molecule has 0 spiro atoms. The van der Waals surface area contributed by atoms with Crippen LogP contribution in [0.2, 0.25) is 0 Å². The van der Waals surface area contributed by atoms with Gasteiger partial charge in [-0.05, 0) is 18.5 Å². The van der Waals surface area contributed by atoms with Crippen LogP contribution in [0.15, 0.2) is 30.3 Å². The Hall–Kier alpha value is -1.88. The largest absolute Gasteiger partial charge is 0.481 e. The van der Waals surface area contributed by atoms with Gasteiger partial charge in [0.05, 0.1) is 5.92 Å². The maximum absolute atomic E-state index is 11.4. The first-order chi connectivity index (χ1) is 8.65. The molecule has 5 heteroatoms. The van der Waals surface area contributed by atoms with Crippen LogP contribution in [0.4, 0.5) is 0 Å². The summed E-state index contributed by atoms with van der Waals surface area (Å²) in [6.07, 6.45) is 0.937. The molecule has 18 heavy (non-hydrogen) atoms. The lowest BCUT2D eigenvalue weighted by Crippen LogP contribution is -2.31. The molecule has 0 aliphatic rings. The third-order valence-electron chi connectivity index (χ3n) is 2.61. The molecule has 0 aliphatic carbocycles. The number of hydrogen-bond donors (Lipinski definition) is 3. The first-order valence-corrected chi connectivity index (χ1v) is 5.89. The summed E-state index contributed by atoms with van der Waals surface area (Å²) in [7, 11) is 0. The Morgan fingerprint density at radius 2 is 1.94 bits per heavy atom. The van der Waals surface area contributed by atoms with E-state index in [1.54, 1.807) is 24.3 Å². The Bertz CT molecular complexity index is 392. The Labute approximate surface area is 106 Å². The summed E-state index contributed by atoms with van der Waals surface area (Å²) in [6.45, 7) is 0.553. The molecule has 0 saturated carbocycles. The molecule has 1 aromatic carbocycles. The normalized spacial score (nSPS) is 11.8. The predicted octanol–water partition coefficient (Wildman–Crippen LogP) is 0.710. The fourth-order valence-corrected chi connectivity index (χ4v) is 1.60. The van der Waals surface area contributed by atoms with Crippen molar-refractivity contribution in [3.05, 3.63) is 35.9 Å². The van der Waals surface area contributed by atoms with Gasteiger partial charge in [0, 0.05) is 13.0 Å². The zero-order chi connectivity index (χ0) is 13.4. The number of aliphatic carboxylic acids is 1. The van der Waals surface area contributed by atoms with E-state index in [2.05, 4.69) is 5.32 Å². The standard InChI is InChI=1S/C13H18N2O3/c14-8-4-7-12(16)15-9-11(13(17)18)10-5-2-1-3-6-10/h1-3,5-6,11H,4,7-9,14H2,(H,15,16)(H,17,18). The number of benzene rings is 1. The van der Waals surface area contributed by atoms with Gasteiger partial charge in [-0.3, -0.25) is 9.59 Å². The van der Waals surface area contributed by atoms with Gasteiger partial charge in [0.25, 0.3) is 0 Å². The Kier molecular flexibility index (Phi) is 5.87. The van der Waals surface area contributed by atoms with E-state index < -0.39 is 11.9 Å². The SMILES string of the molecule is NCCCC(=O)NCC(C(=O)O)c1ccccc1. The number of amides is 1. The van der Waals surface area contributed by atoms with Gasteiger partial charge in [0.15, 0.2) is 0 Å². The third kappa shape index (κ3) is 4.55. The first kappa shape index (κ1) is 14.2. The maximum atomic E-state index is 11.4. The van der Waals surface area contributed by atoms with Gasteiger partial charge < -0.3 is 16.2 Å². The lowest BCUT2D eigenvalue weighted by molar-refractivity contribution is -0.138. The second-order valence-corrected chi connectivity index (χ2v) is 4.00. The molecule has 0 fully saturated rings. The Balaban J connectivity index is 2.55. The van der Waals surface area contributed by atoms with Crippen molar-refractivity contribution < 1.29 is 14.7 Å². The summed E-state index contributed by atoms with van der Waals surface area (Å²) in [5.74, 6) is -1.82. The van der Waals surface area contributed by atoms with Gasteiger partial charge in [-0.15, -0.1) is 0 Å². The lowest BCUT2D eigenvalue weighted by Gasteiger charge is -2.13. The molecule has 1 unspecified atom stereocenters. The number of hydrogen-bond acceptors (Lipinski definition) is 3. The van der Waals surface area contributed by atoms with Gasteiger partial charge in [-0.2, -0.15) is 0 Å². The fraction of sp³-hybridized carbons (Fsp3) is 0.385. The van der Waals surface area contributed by atoms with Crippen molar-refractivity contribution in [3.63, 3.8) is 0 Å². The third-order valence-corrected chi connectivity index (χ3v) is 2.61. The molecule has 98 valence electrons. The summed E-state index contributed by atoms with van der Waals surface area (Å²) in [5, 5.41) is 11.8. The van der Waals surface area contributed by atoms with Crippen LogP contribution in [-0.4, -0.2) is 30.1 Å². The quantitative estimate of drug-likeness (QED) is 0.664. The van der Waals surface area contributed by atoms with Gasteiger partial charge in [0.1, 0.15) is 0 Å². The van der Waals surface area contributed by atoms with Crippen LogP contribution in [0.1, 0.15) is 24.3 Å². The molecular formula is C13H18N2O3. The maximum Gasteiger partial charge on any atom is 0.312 e. The van der Waals surface area contributed by atoms with E-state index in [4.69, 9.17) is 10.8 Å². The minimum absolute atomic E-state index is 0.1000. The molecule has 0 heterocycles. The van der Waals surface area contributed by atoms with Crippen LogP contribution < -0.4 is 11.1 Å². The number of carboxylic acids is 1. The molecule has 1 aromatic rings. The zero-order valence-electron chi connectivity index (χ0n) is 10.1. The highest BCUT2D eigenvalue weighted by Crippen LogP contribution is 2.14. The summed E-state index contributed by atoms with van der Waals surface area (Å²) >= 11 is 0. The molecule has 0 aromatic heterocycles. The van der Waals surface area contributed by atoms with E-state index in [-0.39, 0.29) is 12.5 Å². The summed E-state index contributed by atoms with van der Waals surface area (Å²) in [6, 6.07) is 8.86. The minimum atomic E-state index is -0.944. The molecule has 4 N–H and O–H groups in total. The molecule has 0 saturated heterocycles. The van der Waals surface area contributed by atoms with Crippen LogP contribution in [0.5, 0.6) is 0 Å². The second kappa shape index (κ2) is 7.45. The van der Waals surface area contributed by atoms with E-state index in [9.17, 15) is 9.59 Å². The summed E-state index contributed by atoms with van der Waals surface area (Å²) in [4.78, 5) is 22.6. The van der Waals surface area contributed by atoms with Gasteiger partial charge in [0.2, 0.25) is 5.91 Å².